The Bertz CT molecular complexity index is 751. The van der Waals surface area contributed by atoms with Gasteiger partial charge in [-0.2, -0.15) is 4.31 Å². The van der Waals surface area contributed by atoms with E-state index in [-0.39, 0.29) is 24.0 Å². The maximum Gasteiger partial charge on any atom is 0.312 e. The number of fused-ring (bicyclic) bond motifs is 1. The van der Waals surface area contributed by atoms with E-state index in [9.17, 15) is 22.0 Å². The molecule has 0 aliphatic carbocycles. The SMILES string of the molecule is O=C(O)C1CCN(S(=O)(=O)c2ccc3c(c2)OCO3)CC1(F)F. The lowest BCUT2D eigenvalue weighted by Gasteiger charge is -2.35. The van der Waals surface area contributed by atoms with Gasteiger partial charge in [0.2, 0.25) is 16.8 Å². The van der Waals surface area contributed by atoms with E-state index in [2.05, 4.69) is 0 Å². The summed E-state index contributed by atoms with van der Waals surface area (Å²) in [5.41, 5.74) is 0. The Morgan fingerprint density at radius 2 is 2.00 bits per heavy atom. The third kappa shape index (κ3) is 2.72. The number of hydrogen-bond acceptors (Lipinski definition) is 5. The van der Waals surface area contributed by atoms with Gasteiger partial charge < -0.3 is 14.6 Å². The monoisotopic (exact) mass is 349 g/mol. The molecule has 0 saturated carbocycles. The van der Waals surface area contributed by atoms with E-state index in [4.69, 9.17) is 14.6 Å². The summed E-state index contributed by atoms with van der Waals surface area (Å²) in [6.07, 6.45) is -0.452. The average molecular weight is 349 g/mol. The minimum absolute atomic E-state index is 0.0408. The molecule has 1 atom stereocenters. The summed E-state index contributed by atoms with van der Waals surface area (Å²) < 4.78 is 63.6. The van der Waals surface area contributed by atoms with Crippen molar-refractivity contribution in [1.82, 2.24) is 4.31 Å². The first kappa shape index (κ1) is 15.9. The number of alkyl halides is 2. The minimum atomic E-state index is -4.18. The number of sulfonamides is 1. The number of hydrogen-bond donors (Lipinski definition) is 1. The summed E-state index contributed by atoms with van der Waals surface area (Å²) >= 11 is 0. The molecule has 7 nitrogen and oxygen atoms in total. The molecule has 1 saturated heterocycles. The third-order valence-corrected chi connectivity index (χ3v) is 5.69. The molecule has 1 aromatic carbocycles. The summed E-state index contributed by atoms with van der Waals surface area (Å²) in [6, 6.07) is 3.83. The fourth-order valence-electron chi connectivity index (χ4n) is 2.60. The topological polar surface area (TPSA) is 93.1 Å². The van der Waals surface area contributed by atoms with Crippen LogP contribution in [0.15, 0.2) is 23.1 Å². The van der Waals surface area contributed by atoms with Crippen molar-refractivity contribution in [2.45, 2.75) is 17.2 Å². The molecule has 0 amide bonds. The molecular formula is C13H13F2NO6S. The number of carboxylic acid groups (broad SMARTS) is 1. The second-order valence-electron chi connectivity index (χ2n) is 5.29. The first-order valence-corrected chi connectivity index (χ1v) is 8.16. The van der Waals surface area contributed by atoms with Crippen LogP contribution in [0.5, 0.6) is 11.5 Å². The number of carboxylic acids is 1. The number of halogens is 2. The Morgan fingerprint density at radius 1 is 1.30 bits per heavy atom. The summed E-state index contributed by atoms with van der Waals surface area (Å²) in [6.45, 7) is -1.50. The lowest BCUT2D eigenvalue weighted by molar-refractivity contribution is -0.163. The highest BCUT2D eigenvalue weighted by molar-refractivity contribution is 7.89. The molecule has 1 unspecified atom stereocenters. The Balaban J connectivity index is 1.88. The highest BCUT2D eigenvalue weighted by Crippen LogP contribution is 2.38. The van der Waals surface area contributed by atoms with Crippen LogP contribution in [0.2, 0.25) is 0 Å². The van der Waals surface area contributed by atoms with E-state index in [1.54, 1.807) is 0 Å². The van der Waals surface area contributed by atoms with Gasteiger partial charge in [0.1, 0.15) is 5.92 Å². The zero-order valence-corrected chi connectivity index (χ0v) is 12.6. The van der Waals surface area contributed by atoms with Gasteiger partial charge in [-0.3, -0.25) is 4.79 Å². The highest BCUT2D eigenvalue weighted by Gasteiger charge is 2.51. The summed E-state index contributed by atoms with van der Waals surface area (Å²) in [4.78, 5) is 10.6. The van der Waals surface area contributed by atoms with E-state index in [1.807, 2.05) is 0 Å². The summed E-state index contributed by atoms with van der Waals surface area (Å²) in [5, 5.41) is 8.81. The van der Waals surface area contributed by atoms with Crippen molar-refractivity contribution in [2.75, 3.05) is 19.9 Å². The lowest BCUT2D eigenvalue weighted by Crippen LogP contribution is -2.52. The molecule has 1 aromatic rings. The first-order chi connectivity index (χ1) is 10.7. The van der Waals surface area contributed by atoms with Crippen molar-refractivity contribution in [3.8, 4) is 11.5 Å². The third-order valence-electron chi connectivity index (χ3n) is 3.84. The Labute approximate surface area is 130 Å². The van der Waals surface area contributed by atoms with Crippen LogP contribution in [0.1, 0.15) is 6.42 Å². The Morgan fingerprint density at radius 3 is 2.65 bits per heavy atom. The van der Waals surface area contributed by atoms with Crippen molar-refractivity contribution in [3.05, 3.63) is 18.2 Å². The molecule has 126 valence electrons. The van der Waals surface area contributed by atoms with Crippen LogP contribution < -0.4 is 9.47 Å². The molecule has 2 aliphatic rings. The van der Waals surface area contributed by atoms with Crippen LogP contribution in [0.25, 0.3) is 0 Å². The number of benzene rings is 1. The van der Waals surface area contributed by atoms with Gasteiger partial charge in [0.05, 0.1) is 11.4 Å². The molecule has 3 rings (SSSR count). The molecular weight excluding hydrogens is 336 g/mol. The van der Waals surface area contributed by atoms with Crippen LogP contribution in [-0.4, -0.2) is 49.6 Å². The molecule has 0 radical (unpaired) electrons. The largest absolute Gasteiger partial charge is 0.481 e. The van der Waals surface area contributed by atoms with E-state index in [0.29, 0.717) is 10.1 Å². The van der Waals surface area contributed by atoms with Crippen molar-refractivity contribution < 1.29 is 36.6 Å². The van der Waals surface area contributed by atoms with Crippen molar-refractivity contribution >= 4 is 16.0 Å². The zero-order chi connectivity index (χ0) is 16.8. The molecule has 0 bridgehead atoms. The molecule has 2 aliphatic heterocycles. The number of nitrogens with zero attached hydrogens (tertiary/aromatic N) is 1. The van der Waals surface area contributed by atoms with Gasteiger partial charge in [-0.05, 0) is 18.6 Å². The minimum Gasteiger partial charge on any atom is -0.481 e. The Hall–Kier alpha value is -1.94. The second-order valence-corrected chi connectivity index (χ2v) is 7.23. The fraction of sp³-hybridized carbons (Fsp3) is 0.462. The van der Waals surface area contributed by atoms with Crippen molar-refractivity contribution in [3.63, 3.8) is 0 Å². The fourth-order valence-corrected chi connectivity index (χ4v) is 4.09. The number of carbonyl (C=O) groups is 1. The van der Waals surface area contributed by atoms with Crippen LogP contribution in [0.3, 0.4) is 0 Å². The first-order valence-electron chi connectivity index (χ1n) is 6.72. The maximum absolute atomic E-state index is 13.9. The molecule has 0 spiro atoms. The number of aliphatic carboxylic acids is 1. The van der Waals surface area contributed by atoms with Gasteiger partial charge in [0.25, 0.3) is 5.92 Å². The van der Waals surface area contributed by atoms with Crippen LogP contribution in [0, 0.1) is 5.92 Å². The second kappa shape index (κ2) is 5.31. The zero-order valence-electron chi connectivity index (χ0n) is 11.7. The van der Waals surface area contributed by atoms with Crippen LogP contribution in [0.4, 0.5) is 8.78 Å². The highest BCUT2D eigenvalue weighted by atomic mass is 32.2. The number of piperidine rings is 1. The van der Waals surface area contributed by atoms with Gasteiger partial charge in [-0.1, -0.05) is 0 Å². The molecule has 1 fully saturated rings. The standard InChI is InChI=1S/C13H13F2NO6S/c14-13(15)6-16(4-3-9(13)12(17)18)23(19,20)8-1-2-10-11(5-8)22-7-21-10/h1-2,5,9H,3-4,6-7H2,(H,17,18). The van der Waals surface area contributed by atoms with Gasteiger partial charge >= 0.3 is 5.97 Å². The molecule has 1 N–H and O–H groups in total. The average Bonchev–Trinajstić information content (AvgIpc) is 2.92. The molecule has 0 aromatic heterocycles. The van der Waals surface area contributed by atoms with E-state index >= 15 is 0 Å². The molecule has 2 heterocycles. The van der Waals surface area contributed by atoms with E-state index in [0.717, 1.165) is 0 Å². The molecule has 23 heavy (non-hydrogen) atoms. The van der Waals surface area contributed by atoms with E-state index < -0.39 is 40.8 Å². The van der Waals surface area contributed by atoms with Crippen LogP contribution >= 0.6 is 0 Å². The number of rotatable bonds is 3. The number of ether oxygens (including phenoxy) is 2. The molecule has 10 heteroatoms. The van der Waals surface area contributed by atoms with Crippen molar-refractivity contribution in [1.29, 1.82) is 0 Å². The summed E-state index contributed by atoms with van der Waals surface area (Å²) in [7, 11) is -4.18. The quantitative estimate of drug-likeness (QED) is 0.880. The van der Waals surface area contributed by atoms with E-state index in [1.165, 1.54) is 18.2 Å². The van der Waals surface area contributed by atoms with Crippen molar-refractivity contribution in [2.24, 2.45) is 5.92 Å². The lowest BCUT2D eigenvalue weighted by atomic mass is 9.94. The van der Waals surface area contributed by atoms with Gasteiger partial charge in [0.15, 0.2) is 11.5 Å². The summed E-state index contributed by atoms with van der Waals surface area (Å²) in [5.74, 6) is -6.55. The predicted octanol–water partition coefficient (Wildman–Crippen LogP) is 1.15. The van der Waals surface area contributed by atoms with Crippen LogP contribution in [-0.2, 0) is 14.8 Å². The predicted molar refractivity (Wildman–Crippen MR) is 72.0 cm³/mol. The smallest absolute Gasteiger partial charge is 0.312 e. The Kier molecular flexibility index (Phi) is 3.68. The maximum atomic E-state index is 13.9. The van der Waals surface area contributed by atoms with Gasteiger partial charge in [0, 0.05) is 12.6 Å². The van der Waals surface area contributed by atoms with Gasteiger partial charge in [-0.15, -0.1) is 0 Å². The normalized spacial score (nSPS) is 23.7. The van der Waals surface area contributed by atoms with Gasteiger partial charge in [-0.25, -0.2) is 17.2 Å².